The zero-order valence-corrected chi connectivity index (χ0v) is 15.0. The van der Waals surface area contributed by atoms with Crippen LogP contribution >= 0.6 is 11.3 Å². The summed E-state index contributed by atoms with van der Waals surface area (Å²) < 4.78 is 10.6. The van der Waals surface area contributed by atoms with E-state index in [2.05, 4.69) is 0 Å². The van der Waals surface area contributed by atoms with E-state index in [9.17, 15) is 9.59 Å². The molecule has 0 aliphatic carbocycles. The number of anilines is 1. The lowest BCUT2D eigenvalue weighted by Crippen LogP contribution is -2.39. The van der Waals surface area contributed by atoms with Crippen molar-refractivity contribution in [3.05, 3.63) is 16.5 Å². The molecule has 3 rings (SSSR count). The number of cyclic esters (lactones) is 1. The van der Waals surface area contributed by atoms with Crippen LogP contribution in [0, 0.1) is 0 Å². The number of hydrogen-bond donors (Lipinski definition) is 1. The van der Waals surface area contributed by atoms with Crippen LogP contribution in [0.1, 0.15) is 31.2 Å². The molecular weight excluding hydrogens is 330 g/mol. The Kier molecular flexibility index (Phi) is 4.44. The van der Waals surface area contributed by atoms with Gasteiger partial charge in [0.2, 0.25) is 0 Å². The number of carbonyl (C=O) groups is 2. The number of nitrogens with zero attached hydrogens (tertiary/aromatic N) is 2. The van der Waals surface area contributed by atoms with Gasteiger partial charge < -0.3 is 20.1 Å². The fraction of sp³-hybridized carbons (Fsp3) is 0.625. The zero-order chi connectivity index (χ0) is 17.5. The van der Waals surface area contributed by atoms with Gasteiger partial charge in [0.1, 0.15) is 16.7 Å². The largest absolute Gasteiger partial charge is 0.444 e. The minimum Gasteiger partial charge on any atom is -0.444 e. The Morgan fingerprint density at radius 3 is 2.88 bits per heavy atom. The van der Waals surface area contributed by atoms with Gasteiger partial charge in [-0.25, -0.2) is 9.59 Å². The number of carbonyl (C=O) groups excluding carboxylic acids is 2. The Bertz CT molecular complexity index is 652. The standard InChI is InChI=1S/C16H23N3O4S/c1-16(2,3)23-14(20)18-5-4-10-6-13(24-12(10)9-18)19-8-11(7-17)22-15(19)21/h6,11H,4-5,7-9,17H2,1-3H3/t11-/m0/s1. The molecule has 1 atom stereocenters. The van der Waals surface area contributed by atoms with Crippen LogP contribution in [-0.2, 0) is 22.4 Å². The Morgan fingerprint density at radius 1 is 1.50 bits per heavy atom. The van der Waals surface area contributed by atoms with Gasteiger partial charge in [0.25, 0.3) is 0 Å². The molecule has 0 aromatic carbocycles. The lowest BCUT2D eigenvalue weighted by molar-refractivity contribution is 0.0226. The molecule has 2 N–H and O–H groups in total. The molecular formula is C16H23N3O4S. The SMILES string of the molecule is CC(C)(C)OC(=O)N1CCc2cc(N3C[C@H](CN)OC3=O)sc2C1. The summed E-state index contributed by atoms with van der Waals surface area (Å²) in [6, 6.07) is 2.02. The van der Waals surface area contributed by atoms with Crippen molar-refractivity contribution in [3.8, 4) is 0 Å². The lowest BCUT2D eigenvalue weighted by atomic mass is 10.1. The van der Waals surface area contributed by atoms with Crippen LogP contribution in [0.25, 0.3) is 0 Å². The number of thiophene rings is 1. The monoisotopic (exact) mass is 353 g/mol. The van der Waals surface area contributed by atoms with Crippen molar-refractivity contribution >= 4 is 28.5 Å². The van der Waals surface area contributed by atoms with Crippen LogP contribution in [0.15, 0.2) is 6.07 Å². The van der Waals surface area contributed by atoms with Crippen LogP contribution in [0.4, 0.5) is 14.6 Å². The first kappa shape index (κ1) is 17.0. The Hall–Kier alpha value is -1.80. The summed E-state index contributed by atoms with van der Waals surface area (Å²) in [5, 5.41) is 0.854. The molecule has 1 fully saturated rings. The molecule has 0 unspecified atom stereocenters. The molecule has 0 spiro atoms. The lowest BCUT2D eigenvalue weighted by Gasteiger charge is -2.29. The molecule has 7 nitrogen and oxygen atoms in total. The third-order valence-corrected chi connectivity index (χ3v) is 5.11. The van der Waals surface area contributed by atoms with E-state index in [0.717, 1.165) is 16.3 Å². The maximum absolute atomic E-state index is 12.2. The Morgan fingerprint density at radius 2 is 2.25 bits per heavy atom. The summed E-state index contributed by atoms with van der Waals surface area (Å²) in [6.45, 7) is 7.50. The fourth-order valence-electron chi connectivity index (χ4n) is 2.74. The van der Waals surface area contributed by atoms with E-state index < -0.39 is 5.60 Å². The molecule has 0 saturated carbocycles. The number of ether oxygens (including phenoxy) is 2. The topological polar surface area (TPSA) is 85.1 Å². The predicted molar refractivity (Wildman–Crippen MR) is 91.3 cm³/mol. The smallest absolute Gasteiger partial charge is 0.415 e. The third-order valence-electron chi connectivity index (χ3n) is 3.92. The quantitative estimate of drug-likeness (QED) is 0.882. The molecule has 24 heavy (non-hydrogen) atoms. The normalized spacial score (nSPS) is 20.8. The van der Waals surface area contributed by atoms with Crippen molar-refractivity contribution in [1.82, 2.24) is 4.90 Å². The van der Waals surface area contributed by atoms with Gasteiger partial charge in [-0.2, -0.15) is 0 Å². The summed E-state index contributed by atoms with van der Waals surface area (Å²) in [7, 11) is 0. The van der Waals surface area contributed by atoms with Crippen molar-refractivity contribution in [2.24, 2.45) is 5.73 Å². The summed E-state index contributed by atoms with van der Waals surface area (Å²) >= 11 is 1.52. The maximum atomic E-state index is 12.2. The van der Waals surface area contributed by atoms with Crippen LogP contribution < -0.4 is 10.6 Å². The molecule has 1 aromatic rings. The molecule has 2 aliphatic rings. The van der Waals surface area contributed by atoms with Crippen LogP contribution in [0.5, 0.6) is 0 Å². The Balaban J connectivity index is 1.71. The van der Waals surface area contributed by atoms with E-state index in [1.54, 1.807) is 9.80 Å². The van der Waals surface area contributed by atoms with E-state index in [0.29, 0.717) is 26.2 Å². The van der Waals surface area contributed by atoms with Gasteiger partial charge in [0.15, 0.2) is 0 Å². The predicted octanol–water partition coefficient (Wildman–Crippen LogP) is 2.33. The van der Waals surface area contributed by atoms with Gasteiger partial charge in [-0.1, -0.05) is 0 Å². The number of rotatable bonds is 2. The van der Waals surface area contributed by atoms with E-state index in [4.69, 9.17) is 15.2 Å². The molecule has 132 valence electrons. The molecule has 2 aliphatic heterocycles. The maximum Gasteiger partial charge on any atom is 0.415 e. The van der Waals surface area contributed by atoms with E-state index in [1.165, 1.54) is 16.9 Å². The van der Waals surface area contributed by atoms with Gasteiger partial charge in [-0.05, 0) is 38.8 Å². The first-order valence-corrected chi connectivity index (χ1v) is 8.86. The average Bonchev–Trinajstić information content (AvgIpc) is 3.07. The molecule has 8 heteroatoms. The number of amides is 2. The second-order valence-electron chi connectivity index (χ2n) is 7.04. The number of nitrogens with two attached hydrogens (primary N) is 1. The molecule has 1 aromatic heterocycles. The average molecular weight is 353 g/mol. The first-order valence-electron chi connectivity index (χ1n) is 8.04. The summed E-state index contributed by atoms with van der Waals surface area (Å²) in [5.74, 6) is 0. The number of hydrogen-bond acceptors (Lipinski definition) is 6. The van der Waals surface area contributed by atoms with Crippen molar-refractivity contribution < 1.29 is 19.1 Å². The van der Waals surface area contributed by atoms with Gasteiger partial charge >= 0.3 is 12.2 Å². The van der Waals surface area contributed by atoms with Gasteiger partial charge in [-0.15, -0.1) is 11.3 Å². The minimum absolute atomic E-state index is 0.255. The van der Waals surface area contributed by atoms with Gasteiger partial charge in [-0.3, -0.25) is 4.90 Å². The second kappa shape index (κ2) is 6.25. The van der Waals surface area contributed by atoms with Gasteiger partial charge in [0.05, 0.1) is 13.1 Å². The molecule has 0 bridgehead atoms. The minimum atomic E-state index is -0.505. The summed E-state index contributed by atoms with van der Waals surface area (Å²) in [6.07, 6.45) is -0.149. The van der Waals surface area contributed by atoms with Crippen LogP contribution in [-0.4, -0.2) is 48.4 Å². The molecule has 1 saturated heterocycles. The summed E-state index contributed by atoms with van der Waals surface area (Å²) in [4.78, 5) is 28.6. The van der Waals surface area contributed by atoms with Crippen molar-refractivity contribution in [2.45, 2.75) is 45.4 Å². The highest BCUT2D eigenvalue weighted by Crippen LogP contribution is 2.36. The highest BCUT2D eigenvalue weighted by atomic mass is 32.1. The number of fused-ring (bicyclic) bond motifs is 1. The fourth-order valence-corrected chi connectivity index (χ4v) is 3.97. The van der Waals surface area contributed by atoms with Crippen LogP contribution in [0.2, 0.25) is 0 Å². The van der Waals surface area contributed by atoms with Crippen molar-refractivity contribution in [1.29, 1.82) is 0 Å². The second-order valence-corrected chi connectivity index (χ2v) is 8.15. The highest BCUT2D eigenvalue weighted by Gasteiger charge is 2.34. The molecule has 2 amide bonds. The van der Waals surface area contributed by atoms with Crippen molar-refractivity contribution in [2.75, 3.05) is 24.5 Å². The van der Waals surface area contributed by atoms with Crippen LogP contribution in [0.3, 0.4) is 0 Å². The van der Waals surface area contributed by atoms with Crippen molar-refractivity contribution in [3.63, 3.8) is 0 Å². The zero-order valence-electron chi connectivity index (χ0n) is 14.2. The highest BCUT2D eigenvalue weighted by molar-refractivity contribution is 7.16. The third kappa shape index (κ3) is 3.49. The van der Waals surface area contributed by atoms with E-state index in [1.807, 2.05) is 26.8 Å². The Labute approximate surface area is 145 Å². The van der Waals surface area contributed by atoms with E-state index >= 15 is 0 Å². The summed E-state index contributed by atoms with van der Waals surface area (Å²) in [5.41, 5.74) is 6.25. The molecule has 0 radical (unpaired) electrons. The first-order chi connectivity index (χ1) is 11.3. The van der Waals surface area contributed by atoms with E-state index in [-0.39, 0.29) is 18.3 Å². The molecule has 3 heterocycles. The van der Waals surface area contributed by atoms with Gasteiger partial charge in [0, 0.05) is 18.0 Å².